The Kier molecular flexibility index (Phi) is 4.15. The molecule has 2 atom stereocenters. The van der Waals surface area contributed by atoms with Crippen molar-refractivity contribution in [2.24, 2.45) is 13.0 Å². The summed E-state index contributed by atoms with van der Waals surface area (Å²) in [4.78, 5) is 2.39. The Morgan fingerprint density at radius 3 is 2.77 bits per heavy atom. The Balaban J connectivity index is 1.46. The molecule has 1 aromatic heterocycles. The quantitative estimate of drug-likeness (QED) is 0.435. The molecule has 0 bridgehead atoms. The number of hydrogen-bond acceptors (Lipinski definition) is 1. The summed E-state index contributed by atoms with van der Waals surface area (Å²) in [5, 5.41) is 2.81. The molecule has 0 amide bonds. The number of allylic oxidation sites excluding steroid dienone is 1. The Bertz CT molecular complexity index is 1340. The molecule has 3 aromatic rings. The van der Waals surface area contributed by atoms with Crippen LogP contribution >= 0.6 is 0 Å². The fourth-order valence-electron chi connectivity index (χ4n) is 5.84. The molecule has 2 unspecified atom stereocenters. The standard InChI is InChI=1S/C29H28N2/c1-4-5-6-7-21-18-20-9-11-25-23-12-14-26-24(10-8-19-16-17-30(2)28(19)26)22(23)13-15-27(25)29(20)31(21)3/h9,11-18,20,29H,4-5,8,10H2,1-3H3. The minimum Gasteiger partial charge on any atom is -0.360 e. The van der Waals surface area contributed by atoms with Gasteiger partial charge in [0.15, 0.2) is 0 Å². The van der Waals surface area contributed by atoms with Gasteiger partial charge in [-0.3, -0.25) is 0 Å². The van der Waals surface area contributed by atoms with Crippen LogP contribution in [0.1, 0.15) is 48.1 Å². The van der Waals surface area contributed by atoms with E-state index in [1.807, 2.05) is 0 Å². The zero-order chi connectivity index (χ0) is 21.1. The molecule has 0 saturated heterocycles. The van der Waals surface area contributed by atoms with E-state index in [1.165, 1.54) is 50.0 Å². The molecule has 0 N–H and O–H groups in total. The predicted octanol–water partition coefficient (Wildman–Crippen LogP) is 6.26. The van der Waals surface area contributed by atoms with E-state index in [1.54, 1.807) is 0 Å². The summed E-state index contributed by atoms with van der Waals surface area (Å²) in [7, 11) is 4.37. The van der Waals surface area contributed by atoms with Crippen LogP contribution in [0.3, 0.4) is 0 Å². The fraction of sp³-hybridized carbons (Fsp3) is 0.310. The molecule has 0 spiro atoms. The smallest absolute Gasteiger partial charge is 0.0848 e. The topological polar surface area (TPSA) is 8.17 Å². The first-order chi connectivity index (χ1) is 15.2. The number of rotatable bonds is 1. The largest absolute Gasteiger partial charge is 0.360 e. The molecule has 31 heavy (non-hydrogen) atoms. The van der Waals surface area contributed by atoms with Crippen molar-refractivity contribution in [3.05, 3.63) is 76.6 Å². The van der Waals surface area contributed by atoms with Gasteiger partial charge in [0.1, 0.15) is 0 Å². The van der Waals surface area contributed by atoms with E-state index in [-0.39, 0.29) is 0 Å². The van der Waals surface area contributed by atoms with E-state index in [9.17, 15) is 0 Å². The third kappa shape index (κ3) is 2.66. The lowest BCUT2D eigenvalue weighted by Crippen LogP contribution is -2.24. The molecule has 1 aliphatic heterocycles. The first-order valence-corrected chi connectivity index (χ1v) is 11.5. The van der Waals surface area contributed by atoms with Crippen molar-refractivity contribution < 1.29 is 0 Å². The normalized spacial score (nSPS) is 20.5. The zero-order valence-electron chi connectivity index (χ0n) is 18.6. The molecule has 0 saturated carbocycles. The minimum atomic E-state index is 0.353. The highest BCUT2D eigenvalue weighted by Crippen LogP contribution is 2.46. The number of fused-ring (bicyclic) bond motifs is 9. The lowest BCUT2D eigenvalue weighted by molar-refractivity contribution is 0.318. The van der Waals surface area contributed by atoms with Gasteiger partial charge in [-0.05, 0) is 70.4 Å². The molecular weight excluding hydrogens is 376 g/mol. The van der Waals surface area contributed by atoms with Crippen LogP contribution in [0, 0.1) is 17.8 Å². The van der Waals surface area contributed by atoms with Crippen LogP contribution in [0.25, 0.3) is 28.1 Å². The Morgan fingerprint density at radius 2 is 1.90 bits per heavy atom. The molecule has 0 fully saturated rings. The number of aryl methyl sites for hydroxylation is 3. The Hall–Kier alpha value is -3.18. The lowest BCUT2D eigenvalue weighted by atomic mass is 9.80. The summed E-state index contributed by atoms with van der Waals surface area (Å²) in [6.07, 6.45) is 13.6. The fourth-order valence-corrected chi connectivity index (χ4v) is 5.84. The van der Waals surface area contributed by atoms with Crippen LogP contribution in [-0.4, -0.2) is 16.5 Å². The number of nitrogens with zero attached hydrogens (tertiary/aromatic N) is 2. The molecule has 3 aliphatic rings. The number of aromatic nitrogens is 1. The maximum Gasteiger partial charge on any atom is 0.0848 e. The molecule has 154 valence electrons. The second-order valence-electron chi connectivity index (χ2n) is 9.15. The molecule has 2 aromatic carbocycles. The summed E-state index contributed by atoms with van der Waals surface area (Å²) in [6.45, 7) is 2.18. The van der Waals surface area contributed by atoms with E-state index in [2.05, 4.69) is 97.1 Å². The molecular formula is C29H28N2. The summed E-state index contributed by atoms with van der Waals surface area (Å²) < 4.78 is 2.28. The minimum absolute atomic E-state index is 0.353. The van der Waals surface area contributed by atoms with E-state index in [0.29, 0.717) is 12.0 Å². The highest BCUT2D eigenvalue weighted by Gasteiger charge is 2.35. The van der Waals surface area contributed by atoms with Crippen LogP contribution in [0.4, 0.5) is 0 Å². The van der Waals surface area contributed by atoms with Crippen molar-refractivity contribution in [1.82, 2.24) is 9.47 Å². The van der Waals surface area contributed by atoms with Gasteiger partial charge in [0.2, 0.25) is 0 Å². The van der Waals surface area contributed by atoms with Crippen LogP contribution in [-0.2, 0) is 19.9 Å². The van der Waals surface area contributed by atoms with Crippen molar-refractivity contribution in [2.75, 3.05) is 7.05 Å². The average Bonchev–Trinajstić information content (AvgIpc) is 3.33. The molecule has 6 rings (SSSR count). The van der Waals surface area contributed by atoms with Crippen molar-refractivity contribution in [3.63, 3.8) is 0 Å². The molecule has 2 nitrogen and oxygen atoms in total. The van der Waals surface area contributed by atoms with Gasteiger partial charge in [0, 0.05) is 38.2 Å². The van der Waals surface area contributed by atoms with E-state index in [0.717, 1.165) is 25.7 Å². The third-order valence-electron chi connectivity index (χ3n) is 7.35. The van der Waals surface area contributed by atoms with E-state index >= 15 is 0 Å². The summed E-state index contributed by atoms with van der Waals surface area (Å²) in [5.74, 6) is 7.15. The summed E-state index contributed by atoms with van der Waals surface area (Å²) >= 11 is 0. The lowest BCUT2D eigenvalue weighted by Gasteiger charge is -2.32. The monoisotopic (exact) mass is 404 g/mol. The van der Waals surface area contributed by atoms with Crippen molar-refractivity contribution in [3.8, 4) is 23.1 Å². The van der Waals surface area contributed by atoms with E-state index < -0.39 is 0 Å². The number of hydrogen-bond donors (Lipinski definition) is 0. The Labute approximate surface area is 184 Å². The molecule has 2 heterocycles. The van der Waals surface area contributed by atoms with Crippen LogP contribution in [0.2, 0.25) is 0 Å². The van der Waals surface area contributed by atoms with Gasteiger partial charge < -0.3 is 9.47 Å². The summed E-state index contributed by atoms with van der Waals surface area (Å²) in [6, 6.07) is 12.1. The van der Waals surface area contributed by atoms with Gasteiger partial charge >= 0.3 is 0 Å². The number of unbranched alkanes of at least 4 members (excludes halogenated alkanes) is 1. The molecule has 2 heteroatoms. The predicted molar refractivity (Wildman–Crippen MR) is 130 cm³/mol. The first-order valence-electron chi connectivity index (χ1n) is 11.5. The molecule has 0 radical (unpaired) electrons. The summed E-state index contributed by atoms with van der Waals surface area (Å²) in [5.41, 5.74) is 9.78. The second-order valence-corrected chi connectivity index (χ2v) is 9.15. The van der Waals surface area contributed by atoms with Gasteiger partial charge in [-0.25, -0.2) is 0 Å². The van der Waals surface area contributed by atoms with Crippen LogP contribution < -0.4 is 0 Å². The van der Waals surface area contributed by atoms with Gasteiger partial charge in [0.25, 0.3) is 0 Å². The highest BCUT2D eigenvalue weighted by molar-refractivity contribution is 5.99. The highest BCUT2D eigenvalue weighted by atomic mass is 15.2. The second kappa shape index (κ2) is 6.92. The van der Waals surface area contributed by atoms with Crippen molar-refractivity contribution in [1.29, 1.82) is 0 Å². The maximum absolute atomic E-state index is 3.41. The van der Waals surface area contributed by atoms with Crippen LogP contribution in [0.5, 0.6) is 0 Å². The number of benzene rings is 2. The van der Waals surface area contributed by atoms with Gasteiger partial charge in [-0.2, -0.15) is 0 Å². The maximum atomic E-state index is 3.41. The third-order valence-corrected chi connectivity index (χ3v) is 7.35. The van der Waals surface area contributed by atoms with Gasteiger partial charge in [-0.15, -0.1) is 0 Å². The van der Waals surface area contributed by atoms with Crippen molar-refractivity contribution in [2.45, 2.75) is 38.6 Å². The average molecular weight is 405 g/mol. The SMILES string of the molecule is CCCC#CC1=CC2C=Cc3c(ccc4c5c(ccc34)-c3c(ccn3C)CC5)C2N1C. The van der Waals surface area contributed by atoms with Crippen LogP contribution in [0.15, 0.2) is 54.4 Å². The van der Waals surface area contributed by atoms with E-state index in [4.69, 9.17) is 0 Å². The molecule has 2 aliphatic carbocycles. The zero-order valence-corrected chi connectivity index (χ0v) is 18.6. The first kappa shape index (κ1) is 18.6. The Morgan fingerprint density at radius 1 is 1.03 bits per heavy atom. The van der Waals surface area contributed by atoms with Gasteiger partial charge in [0.05, 0.1) is 17.4 Å². The van der Waals surface area contributed by atoms with Gasteiger partial charge in [-0.1, -0.05) is 49.3 Å². The van der Waals surface area contributed by atoms with Crippen molar-refractivity contribution >= 4 is 16.8 Å².